The molecule has 0 saturated heterocycles. The monoisotopic (exact) mass is 343 g/mol. The topological polar surface area (TPSA) is 20.3 Å². The van der Waals surface area contributed by atoms with Crippen LogP contribution in [0.2, 0.25) is 0 Å². The van der Waals surface area contributed by atoms with E-state index in [1.165, 1.54) is 22.4 Å². The number of Topliss-reactive ketones (excluding diaryl/α,β-unsaturated/α-hetero) is 1. The molecule has 0 heterocycles. The highest BCUT2D eigenvalue weighted by atomic mass is 16.1. The molecule has 0 aliphatic heterocycles. The molecule has 2 heteroatoms. The van der Waals surface area contributed by atoms with Crippen molar-refractivity contribution in [2.75, 3.05) is 4.90 Å². The molecule has 0 atom stereocenters. The van der Waals surface area contributed by atoms with E-state index in [0.29, 0.717) is 6.42 Å². The Hall–Kier alpha value is -2.87. The maximum absolute atomic E-state index is 11.2. The Bertz CT molecular complexity index is 768. The fourth-order valence-electron chi connectivity index (χ4n) is 3.04. The molecule has 26 heavy (non-hydrogen) atoms. The van der Waals surface area contributed by atoms with Crippen LogP contribution in [0.4, 0.5) is 5.69 Å². The quantitative estimate of drug-likeness (QED) is 0.545. The zero-order chi connectivity index (χ0) is 18.2. The standard InChI is InChI=1S/C24H25NO/c1-20(26)12-13-21-14-16-24(17-15-21)25(18-22-8-4-2-5-9-22)19-23-10-6-3-7-11-23/h2-11,14-17H,12-13,18-19H2,1H3. The molecule has 0 bridgehead atoms. The zero-order valence-corrected chi connectivity index (χ0v) is 15.3. The van der Waals surface area contributed by atoms with Crippen LogP contribution in [0, 0.1) is 0 Å². The number of carbonyl (C=O) groups is 1. The van der Waals surface area contributed by atoms with Gasteiger partial charge in [-0.2, -0.15) is 0 Å². The first kappa shape index (κ1) is 17.9. The first-order chi connectivity index (χ1) is 12.7. The number of anilines is 1. The van der Waals surface area contributed by atoms with E-state index in [2.05, 4.69) is 89.8 Å². The van der Waals surface area contributed by atoms with Crippen LogP contribution < -0.4 is 4.90 Å². The molecule has 0 N–H and O–H groups in total. The van der Waals surface area contributed by atoms with Gasteiger partial charge in [0.05, 0.1) is 0 Å². The highest BCUT2D eigenvalue weighted by Crippen LogP contribution is 2.21. The van der Waals surface area contributed by atoms with Crippen molar-refractivity contribution in [1.82, 2.24) is 0 Å². The number of rotatable bonds is 8. The molecular weight excluding hydrogens is 318 g/mol. The van der Waals surface area contributed by atoms with Crippen LogP contribution in [0.5, 0.6) is 0 Å². The maximum Gasteiger partial charge on any atom is 0.130 e. The Kier molecular flexibility index (Phi) is 6.21. The summed E-state index contributed by atoms with van der Waals surface area (Å²) in [6.07, 6.45) is 1.42. The van der Waals surface area contributed by atoms with Crippen LogP contribution in [0.15, 0.2) is 84.9 Å². The fourth-order valence-corrected chi connectivity index (χ4v) is 3.04. The summed E-state index contributed by atoms with van der Waals surface area (Å²) in [7, 11) is 0. The van der Waals surface area contributed by atoms with Crippen LogP contribution >= 0.6 is 0 Å². The van der Waals surface area contributed by atoms with Crippen LogP contribution in [-0.2, 0) is 24.3 Å². The Morgan fingerprint density at radius 3 is 1.65 bits per heavy atom. The molecule has 0 spiro atoms. The summed E-state index contributed by atoms with van der Waals surface area (Å²) in [6.45, 7) is 3.38. The van der Waals surface area contributed by atoms with E-state index in [0.717, 1.165) is 19.5 Å². The van der Waals surface area contributed by atoms with Crippen LogP contribution in [0.25, 0.3) is 0 Å². The van der Waals surface area contributed by atoms with Crippen molar-refractivity contribution in [3.05, 3.63) is 102 Å². The predicted molar refractivity (Wildman–Crippen MR) is 108 cm³/mol. The van der Waals surface area contributed by atoms with Gasteiger partial charge in [0.1, 0.15) is 5.78 Å². The molecule has 0 radical (unpaired) electrons. The lowest BCUT2D eigenvalue weighted by atomic mass is 10.1. The Morgan fingerprint density at radius 2 is 1.19 bits per heavy atom. The van der Waals surface area contributed by atoms with E-state index < -0.39 is 0 Å². The molecule has 0 aliphatic rings. The summed E-state index contributed by atoms with van der Waals surface area (Å²) in [5.41, 5.74) is 5.00. The average molecular weight is 343 g/mol. The molecule has 0 saturated carbocycles. The summed E-state index contributed by atoms with van der Waals surface area (Å²) in [5.74, 6) is 0.240. The third-order valence-corrected chi connectivity index (χ3v) is 4.50. The molecule has 0 aliphatic carbocycles. The van der Waals surface area contributed by atoms with Crippen molar-refractivity contribution in [2.24, 2.45) is 0 Å². The minimum absolute atomic E-state index is 0.240. The van der Waals surface area contributed by atoms with Crippen LogP contribution in [-0.4, -0.2) is 5.78 Å². The highest BCUT2D eigenvalue weighted by molar-refractivity contribution is 5.75. The molecule has 3 aromatic rings. The first-order valence-electron chi connectivity index (χ1n) is 9.12. The summed E-state index contributed by atoms with van der Waals surface area (Å²) in [6, 6.07) is 29.7. The van der Waals surface area contributed by atoms with E-state index >= 15 is 0 Å². The fraction of sp³-hybridized carbons (Fsp3) is 0.208. The number of aryl methyl sites for hydroxylation is 1. The lowest BCUT2D eigenvalue weighted by Gasteiger charge is -2.25. The van der Waals surface area contributed by atoms with Gasteiger partial charge in [-0.3, -0.25) is 0 Å². The zero-order valence-electron chi connectivity index (χ0n) is 15.3. The van der Waals surface area contributed by atoms with Gasteiger partial charge in [-0.15, -0.1) is 0 Å². The number of benzene rings is 3. The van der Waals surface area contributed by atoms with Gasteiger partial charge in [0.2, 0.25) is 0 Å². The molecule has 3 aromatic carbocycles. The van der Waals surface area contributed by atoms with Gasteiger partial charge in [-0.1, -0.05) is 72.8 Å². The smallest absolute Gasteiger partial charge is 0.130 e. The number of hydrogen-bond acceptors (Lipinski definition) is 2. The van der Waals surface area contributed by atoms with E-state index in [1.54, 1.807) is 6.92 Å². The summed E-state index contributed by atoms with van der Waals surface area (Å²) >= 11 is 0. The van der Waals surface area contributed by atoms with Crippen LogP contribution in [0.1, 0.15) is 30.0 Å². The third-order valence-electron chi connectivity index (χ3n) is 4.50. The number of carbonyl (C=O) groups excluding carboxylic acids is 1. The van der Waals surface area contributed by atoms with Crippen LogP contribution in [0.3, 0.4) is 0 Å². The Morgan fingerprint density at radius 1 is 0.692 bits per heavy atom. The van der Waals surface area contributed by atoms with Crippen molar-refractivity contribution in [2.45, 2.75) is 32.9 Å². The van der Waals surface area contributed by atoms with Crippen molar-refractivity contribution in [3.8, 4) is 0 Å². The van der Waals surface area contributed by atoms with Crippen molar-refractivity contribution < 1.29 is 4.79 Å². The summed E-state index contributed by atoms with van der Waals surface area (Å²) in [4.78, 5) is 13.6. The molecule has 0 amide bonds. The second-order valence-corrected chi connectivity index (χ2v) is 6.70. The normalized spacial score (nSPS) is 10.5. The van der Waals surface area contributed by atoms with Gasteiger partial charge >= 0.3 is 0 Å². The van der Waals surface area contributed by atoms with Gasteiger partial charge in [-0.25, -0.2) is 0 Å². The first-order valence-corrected chi connectivity index (χ1v) is 9.12. The second kappa shape index (κ2) is 9.00. The van der Waals surface area contributed by atoms with Crippen molar-refractivity contribution in [3.63, 3.8) is 0 Å². The predicted octanol–water partition coefficient (Wildman–Crippen LogP) is 5.42. The Labute approximate surface area is 156 Å². The molecule has 132 valence electrons. The average Bonchev–Trinajstić information content (AvgIpc) is 2.68. The second-order valence-electron chi connectivity index (χ2n) is 6.70. The minimum atomic E-state index is 0.240. The molecule has 3 rings (SSSR count). The van der Waals surface area contributed by atoms with Gasteiger partial charge in [0.25, 0.3) is 0 Å². The number of hydrogen-bond donors (Lipinski definition) is 0. The molecule has 2 nitrogen and oxygen atoms in total. The van der Waals surface area contributed by atoms with E-state index in [9.17, 15) is 4.79 Å². The minimum Gasteiger partial charge on any atom is -0.363 e. The molecular formula is C24H25NO. The lowest BCUT2D eigenvalue weighted by Crippen LogP contribution is -2.22. The number of nitrogens with zero attached hydrogens (tertiary/aromatic N) is 1. The number of ketones is 1. The maximum atomic E-state index is 11.2. The molecule has 0 aromatic heterocycles. The van der Waals surface area contributed by atoms with E-state index in [1.807, 2.05) is 0 Å². The van der Waals surface area contributed by atoms with E-state index in [4.69, 9.17) is 0 Å². The molecule has 0 unspecified atom stereocenters. The largest absolute Gasteiger partial charge is 0.363 e. The van der Waals surface area contributed by atoms with Crippen molar-refractivity contribution in [1.29, 1.82) is 0 Å². The summed E-state index contributed by atoms with van der Waals surface area (Å²) in [5, 5.41) is 0. The SMILES string of the molecule is CC(=O)CCc1ccc(N(Cc2ccccc2)Cc2ccccc2)cc1. The third kappa shape index (κ3) is 5.32. The van der Waals surface area contributed by atoms with Gasteiger partial charge < -0.3 is 9.69 Å². The van der Waals surface area contributed by atoms with Gasteiger partial charge in [0, 0.05) is 25.2 Å². The van der Waals surface area contributed by atoms with Crippen molar-refractivity contribution >= 4 is 11.5 Å². The highest BCUT2D eigenvalue weighted by Gasteiger charge is 2.09. The lowest BCUT2D eigenvalue weighted by molar-refractivity contribution is -0.116. The summed E-state index contributed by atoms with van der Waals surface area (Å²) < 4.78 is 0. The van der Waals surface area contributed by atoms with Gasteiger partial charge in [0.15, 0.2) is 0 Å². The van der Waals surface area contributed by atoms with E-state index in [-0.39, 0.29) is 5.78 Å². The van der Waals surface area contributed by atoms with Gasteiger partial charge in [-0.05, 0) is 42.2 Å². The Balaban J connectivity index is 1.79. The molecule has 0 fully saturated rings.